The van der Waals surface area contributed by atoms with Gasteiger partial charge in [-0.15, -0.1) is 35.4 Å². The van der Waals surface area contributed by atoms with E-state index in [1.807, 2.05) is 17.5 Å². The molecular weight excluding hydrogens is 270 g/mol. The molecule has 96 valence electrons. The van der Waals surface area contributed by atoms with Crippen molar-refractivity contribution < 1.29 is 14.7 Å². The smallest absolute Gasteiger partial charge is 0.327 e. The molecule has 0 aliphatic rings. The van der Waals surface area contributed by atoms with E-state index in [0.717, 1.165) is 5.75 Å². The number of carboxylic acids is 1. The van der Waals surface area contributed by atoms with E-state index in [-0.39, 0.29) is 18.1 Å². The predicted molar refractivity (Wildman–Crippen MR) is 73.5 cm³/mol. The van der Waals surface area contributed by atoms with Crippen LogP contribution in [0.3, 0.4) is 0 Å². The van der Waals surface area contributed by atoms with E-state index in [4.69, 9.17) is 11.5 Å². The summed E-state index contributed by atoms with van der Waals surface area (Å²) in [7, 11) is 0. The summed E-state index contributed by atoms with van der Waals surface area (Å²) in [4.78, 5) is 23.5. The second-order valence-corrected chi connectivity index (χ2v) is 5.46. The molecule has 0 aliphatic heterocycles. The zero-order chi connectivity index (χ0) is 13.4. The second-order valence-electron chi connectivity index (χ2n) is 3.44. The number of terminal acetylenes is 1. The Bertz CT molecular complexity index is 437. The highest BCUT2D eigenvalue weighted by atomic mass is 32.2. The molecule has 0 saturated carbocycles. The molecule has 6 heteroatoms. The maximum absolute atomic E-state index is 11.5. The molecule has 1 unspecified atom stereocenters. The van der Waals surface area contributed by atoms with Gasteiger partial charge in [-0.2, -0.15) is 0 Å². The number of aliphatic carboxylic acids is 1. The van der Waals surface area contributed by atoms with Gasteiger partial charge in [0.1, 0.15) is 6.04 Å². The summed E-state index contributed by atoms with van der Waals surface area (Å²) < 4.78 is 0. The van der Waals surface area contributed by atoms with Gasteiger partial charge in [-0.1, -0.05) is 6.07 Å². The third-order valence-corrected chi connectivity index (χ3v) is 4.05. The van der Waals surface area contributed by atoms with Gasteiger partial charge in [0.05, 0.1) is 5.75 Å². The van der Waals surface area contributed by atoms with Gasteiger partial charge < -0.3 is 10.4 Å². The number of rotatable bonds is 7. The lowest BCUT2D eigenvalue weighted by atomic mass is 10.2. The van der Waals surface area contributed by atoms with Crippen LogP contribution in [-0.4, -0.2) is 28.8 Å². The molecule has 0 aliphatic carbocycles. The topological polar surface area (TPSA) is 66.4 Å². The summed E-state index contributed by atoms with van der Waals surface area (Å²) in [5.41, 5.74) is 0. The molecule has 18 heavy (non-hydrogen) atoms. The van der Waals surface area contributed by atoms with Crippen molar-refractivity contribution in [3.63, 3.8) is 0 Å². The Hall–Kier alpha value is -1.45. The molecule has 1 rings (SSSR count). The van der Waals surface area contributed by atoms with Crippen molar-refractivity contribution in [1.29, 1.82) is 0 Å². The molecule has 0 aromatic carbocycles. The second kappa shape index (κ2) is 7.80. The van der Waals surface area contributed by atoms with Gasteiger partial charge in [-0.25, -0.2) is 4.79 Å². The van der Waals surface area contributed by atoms with E-state index in [1.165, 1.54) is 16.6 Å². The maximum atomic E-state index is 11.5. The number of hydrogen-bond acceptors (Lipinski definition) is 4. The first-order valence-electron chi connectivity index (χ1n) is 5.19. The Morgan fingerprint density at radius 1 is 1.61 bits per heavy atom. The van der Waals surface area contributed by atoms with Crippen molar-refractivity contribution in [2.24, 2.45) is 0 Å². The standard InChI is InChI=1S/C12H13NO3S2/c1-2-4-10(12(15)16)13-11(14)8-17-7-9-5-3-6-18-9/h1,3,5-6,10H,4,7-8H2,(H,13,14)(H,15,16). The highest BCUT2D eigenvalue weighted by molar-refractivity contribution is 7.99. The largest absolute Gasteiger partial charge is 0.480 e. The van der Waals surface area contributed by atoms with Crippen molar-refractivity contribution in [3.05, 3.63) is 22.4 Å². The van der Waals surface area contributed by atoms with Gasteiger partial charge in [0.2, 0.25) is 5.91 Å². The van der Waals surface area contributed by atoms with Crippen LogP contribution in [0.2, 0.25) is 0 Å². The Labute approximate surface area is 114 Å². The van der Waals surface area contributed by atoms with Crippen LogP contribution in [0.1, 0.15) is 11.3 Å². The fourth-order valence-corrected chi connectivity index (χ4v) is 2.87. The fourth-order valence-electron chi connectivity index (χ4n) is 1.19. The maximum Gasteiger partial charge on any atom is 0.327 e. The molecule has 0 saturated heterocycles. The Morgan fingerprint density at radius 3 is 2.94 bits per heavy atom. The Morgan fingerprint density at radius 2 is 2.39 bits per heavy atom. The first kappa shape index (κ1) is 14.6. The Balaban J connectivity index is 2.28. The van der Waals surface area contributed by atoms with Gasteiger partial charge in [-0.05, 0) is 11.4 Å². The molecule has 0 bridgehead atoms. The monoisotopic (exact) mass is 283 g/mol. The fraction of sp³-hybridized carbons (Fsp3) is 0.333. The summed E-state index contributed by atoms with van der Waals surface area (Å²) in [6.45, 7) is 0. The number of thiophene rings is 1. The van der Waals surface area contributed by atoms with Crippen LogP contribution in [0.4, 0.5) is 0 Å². The van der Waals surface area contributed by atoms with Gasteiger partial charge >= 0.3 is 5.97 Å². The van der Waals surface area contributed by atoms with E-state index in [9.17, 15) is 9.59 Å². The zero-order valence-corrected chi connectivity index (χ0v) is 11.2. The molecule has 2 N–H and O–H groups in total. The first-order chi connectivity index (χ1) is 8.63. The van der Waals surface area contributed by atoms with Crippen LogP contribution < -0.4 is 5.32 Å². The van der Waals surface area contributed by atoms with Crippen LogP contribution in [0.5, 0.6) is 0 Å². The van der Waals surface area contributed by atoms with Crippen LogP contribution >= 0.6 is 23.1 Å². The number of amides is 1. The van der Waals surface area contributed by atoms with Crippen LogP contribution in [-0.2, 0) is 15.3 Å². The van der Waals surface area contributed by atoms with Crippen molar-refractivity contribution in [2.45, 2.75) is 18.2 Å². The molecule has 4 nitrogen and oxygen atoms in total. The number of hydrogen-bond donors (Lipinski definition) is 2. The highest BCUT2D eigenvalue weighted by Crippen LogP contribution is 2.16. The predicted octanol–water partition coefficient (Wildman–Crippen LogP) is 1.57. The highest BCUT2D eigenvalue weighted by Gasteiger charge is 2.18. The molecular formula is C12H13NO3S2. The summed E-state index contributed by atoms with van der Waals surface area (Å²) in [5, 5.41) is 13.2. The third-order valence-electron chi connectivity index (χ3n) is 2.01. The quantitative estimate of drug-likeness (QED) is 0.746. The van der Waals surface area contributed by atoms with E-state index < -0.39 is 12.0 Å². The van der Waals surface area contributed by atoms with Gasteiger partial charge in [0.25, 0.3) is 0 Å². The summed E-state index contributed by atoms with van der Waals surface area (Å²) in [5.74, 6) is 1.80. The van der Waals surface area contributed by atoms with E-state index in [0.29, 0.717) is 0 Å². The van der Waals surface area contributed by atoms with Gasteiger partial charge in [0.15, 0.2) is 0 Å². The van der Waals surface area contributed by atoms with Crippen LogP contribution in [0.25, 0.3) is 0 Å². The zero-order valence-electron chi connectivity index (χ0n) is 9.59. The lowest BCUT2D eigenvalue weighted by molar-refractivity contribution is -0.141. The minimum absolute atomic E-state index is 0.00331. The molecule has 1 atom stereocenters. The third kappa shape index (κ3) is 5.25. The lowest BCUT2D eigenvalue weighted by Crippen LogP contribution is -2.41. The number of thioether (sulfide) groups is 1. The molecule has 1 aromatic heterocycles. The van der Waals surface area contributed by atoms with Gasteiger partial charge in [0, 0.05) is 17.1 Å². The first-order valence-corrected chi connectivity index (χ1v) is 7.22. The van der Waals surface area contributed by atoms with E-state index in [2.05, 4.69) is 11.2 Å². The minimum Gasteiger partial charge on any atom is -0.480 e. The Kier molecular flexibility index (Phi) is 6.33. The van der Waals surface area contributed by atoms with Crippen molar-refractivity contribution >= 4 is 35.0 Å². The van der Waals surface area contributed by atoms with Crippen LogP contribution in [0.15, 0.2) is 17.5 Å². The van der Waals surface area contributed by atoms with E-state index >= 15 is 0 Å². The number of carbonyl (C=O) groups is 2. The van der Waals surface area contributed by atoms with Crippen molar-refractivity contribution in [1.82, 2.24) is 5.32 Å². The molecule has 0 radical (unpaired) electrons. The average molecular weight is 283 g/mol. The molecule has 0 spiro atoms. The summed E-state index contributed by atoms with van der Waals surface area (Å²) >= 11 is 3.07. The number of nitrogens with one attached hydrogen (secondary N) is 1. The van der Waals surface area contributed by atoms with E-state index in [1.54, 1.807) is 11.3 Å². The number of carbonyl (C=O) groups excluding carboxylic acids is 1. The normalized spacial score (nSPS) is 11.5. The van der Waals surface area contributed by atoms with Crippen LogP contribution in [0, 0.1) is 12.3 Å². The van der Waals surface area contributed by atoms with Crippen molar-refractivity contribution in [2.75, 3.05) is 5.75 Å². The van der Waals surface area contributed by atoms with Gasteiger partial charge in [-0.3, -0.25) is 4.79 Å². The van der Waals surface area contributed by atoms with Crippen molar-refractivity contribution in [3.8, 4) is 12.3 Å². The minimum atomic E-state index is -1.11. The SMILES string of the molecule is C#CCC(NC(=O)CSCc1cccs1)C(=O)O. The molecule has 1 heterocycles. The molecule has 1 aromatic rings. The average Bonchev–Trinajstić information content (AvgIpc) is 2.81. The summed E-state index contributed by atoms with van der Waals surface area (Å²) in [6, 6.07) is 2.95. The summed E-state index contributed by atoms with van der Waals surface area (Å²) in [6.07, 6.45) is 5.04. The number of carboxylic acid groups (broad SMARTS) is 1. The molecule has 0 fully saturated rings. The molecule has 1 amide bonds. The lowest BCUT2D eigenvalue weighted by Gasteiger charge is -2.11.